The first kappa shape index (κ1) is 18.0. The highest BCUT2D eigenvalue weighted by Crippen LogP contribution is 2.29. The quantitative estimate of drug-likeness (QED) is 0.794. The average molecular weight is 382 g/mol. The Morgan fingerprint density at radius 1 is 1.22 bits per heavy atom. The summed E-state index contributed by atoms with van der Waals surface area (Å²) in [6.07, 6.45) is 3.54. The van der Waals surface area contributed by atoms with E-state index in [1.807, 2.05) is 24.3 Å². The van der Waals surface area contributed by atoms with Crippen LogP contribution in [0.3, 0.4) is 0 Å². The number of esters is 1. The predicted octanol–water partition coefficient (Wildman–Crippen LogP) is 3.48. The molecule has 1 fully saturated rings. The van der Waals surface area contributed by atoms with Crippen molar-refractivity contribution < 1.29 is 14.3 Å². The van der Waals surface area contributed by atoms with Crippen LogP contribution >= 0.6 is 15.9 Å². The van der Waals surface area contributed by atoms with E-state index < -0.39 is 0 Å². The minimum atomic E-state index is -0.382. The van der Waals surface area contributed by atoms with Gasteiger partial charge in [-0.25, -0.2) is 0 Å². The SMILES string of the molecule is C[C@@H]1[C@@H](C)CCC[C@H]1NC(=O)COC(=O)Cc1ccc(Br)cc1. The Balaban J connectivity index is 1.73. The molecular formula is C18H24BrNO3. The number of benzene rings is 1. The molecule has 1 aromatic rings. The third-order valence-corrected chi connectivity index (χ3v) is 5.21. The van der Waals surface area contributed by atoms with Gasteiger partial charge >= 0.3 is 5.97 Å². The van der Waals surface area contributed by atoms with Gasteiger partial charge in [0, 0.05) is 10.5 Å². The smallest absolute Gasteiger partial charge is 0.310 e. The minimum absolute atomic E-state index is 0.178. The van der Waals surface area contributed by atoms with Crippen LogP contribution < -0.4 is 5.32 Å². The van der Waals surface area contributed by atoms with Crippen molar-refractivity contribution in [2.75, 3.05) is 6.61 Å². The second-order valence-electron chi connectivity index (χ2n) is 6.41. The minimum Gasteiger partial charge on any atom is -0.455 e. The molecule has 23 heavy (non-hydrogen) atoms. The van der Waals surface area contributed by atoms with Crippen molar-refractivity contribution in [2.45, 2.75) is 45.6 Å². The molecule has 0 aromatic heterocycles. The van der Waals surface area contributed by atoms with Crippen LogP contribution in [0.25, 0.3) is 0 Å². The second kappa shape index (κ2) is 8.48. The lowest BCUT2D eigenvalue weighted by Crippen LogP contribution is -2.45. The maximum atomic E-state index is 12.0. The molecule has 1 saturated carbocycles. The number of rotatable bonds is 5. The second-order valence-corrected chi connectivity index (χ2v) is 7.32. The first-order chi connectivity index (χ1) is 11.0. The topological polar surface area (TPSA) is 55.4 Å². The Bertz CT molecular complexity index is 544. The highest BCUT2D eigenvalue weighted by molar-refractivity contribution is 9.10. The van der Waals surface area contributed by atoms with Gasteiger partial charge < -0.3 is 10.1 Å². The van der Waals surface area contributed by atoms with Gasteiger partial charge in [-0.3, -0.25) is 9.59 Å². The molecule has 5 heteroatoms. The molecule has 126 valence electrons. The van der Waals surface area contributed by atoms with Gasteiger partial charge in [-0.05, 0) is 36.0 Å². The molecule has 1 aromatic carbocycles. The van der Waals surface area contributed by atoms with E-state index in [2.05, 4.69) is 35.1 Å². The number of hydrogen-bond donors (Lipinski definition) is 1. The van der Waals surface area contributed by atoms with E-state index in [4.69, 9.17) is 4.74 Å². The van der Waals surface area contributed by atoms with Crippen LogP contribution in [0.15, 0.2) is 28.7 Å². The van der Waals surface area contributed by atoms with Gasteiger partial charge in [0.2, 0.25) is 0 Å². The molecule has 0 unspecified atom stereocenters. The third-order valence-electron chi connectivity index (χ3n) is 4.68. The lowest BCUT2D eigenvalue weighted by molar-refractivity contribution is -0.148. The summed E-state index contributed by atoms with van der Waals surface area (Å²) in [6, 6.07) is 7.66. The summed E-state index contributed by atoms with van der Waals surface area (Å²) in [7, 11) is 0. The zero-order valence-electron chi connectivity index (χ0n) is 13.7. The van der Waals surface area contributed by atoms with Gasteiger partial charge in [0.25, 0.3) is 5.91 Å². The summed E-state index contributed by atoms with van der Waals surface area (Å²) < 4.78 is 6.04. The fourth-order valence-corrected chi connectivity index (χ4v) is 3.26. The van der Waals surface area contributed by atoms with E-state index in [1.54, 1.807) is 0 Å². The standard InChI is InChI=1S/C18H24BrNO3/c1-12-4-3-5-16(13(12)2)20-17(21)11-23-18(22)10-14-6-8-15(19)9-7-14/h6-9,12-13,16H,3-5,10-11H2,1-2H3,(H,20,21)/t12-,13+,16+/m0/s1. The monoisotopic (exact) mass is 381 g/mol. The van der Waals surface area contributed by atoms with Gasteiger partial charge in [-0.1, -0.05) is 54.8 Å². The van der Waals surface area contributed by atoms with Gasteiger partial charge in [0.1, 0.15) is 0 Å². The maximum Gasteiger partial charge on any atom is 0.310 e. The summed E-state index contributed by atoms with van der Waals surface area (Å²) in [5.41, 5.74) is 0.869. The number of halogens is 1. The summed E-state index contributed by atoms with van der Waals surface area (Å²) in [6.45, 7) is 4.20. The van der Waals surface area contributed by atoms with Crippen LogP contribution in [-0.4, -0.2) is 24.5 Å². The van der Waals surface area contributed by atoms with Gasteiger partial charge in [0.05, 0.1) is 6.42 Å². The van der Waals surface area contributed by atoms with Gasteiger partial charge in [-0.15, -0.1) is 0 Å². The Morgan fingerprint density at radius 2 is 1.91 bits per heavy atom. The van der Waals surface area contributed by atoms with Crippen molar-refractivity contribution in [3.05, 3.63) is 34.3 Å². The molecule has 4 nitrogen and oxygen atoms in total. The molecule has 1 aliphatic rings. The zero-order valence-corrected chi connectivity index (χ0v) is 15.3. The summed E-state index contributed by atoms with van der Waals surface area (Å²) in [5.74, 6) is 0.493. The van der Waals surface area contributed by atoms with Crippen molar-refractivity contribution in [3.8, 4) is 0 Å². The molecule has 2 rings (SSSR count). The summed E-state index contributed by atoms with van der Waals surface area (Å²) >= 11 is 3.35. The average Bonchev–Trinajstić information content (AvgIpc) is 2.52. The Hall–Kier alpha value is -1.36. The highest BCUT2D eigenvalue weighted by Gasteiger charge is 2.28. The normalized spacial score (nSPS) is 24.0. The van der Waals surface area contributed by atoms with E-state index in [9.17, 15) is 9.59 Å². The molecule has 1 N–H and O–H groups in total. The van der Waals surface area contributed by atoms with E-state index in [0.29, 0.717) is 11.8 Å². The lowest BCUT2D eigenvalue weighted by atomic mass is 9.78. The van der Waals surface area contributed by atoms with Gasteiger partial charge in [-0.2, -0.15) is 0 Å². The fourth-order valence-electron chi connectivity index (χ4n) is 3.00. The zero-order chi connectivity index (χ0) is 16.8. The van der Waals surface area contributed by atoms with Crippen molar-refractivity contribution in [1.29, 1.82) is 0 Å². The molecule has 0 aliphatic heterocycles. The molecule has 1 aliphatic carbocycles. The van der Waals surface area contributed by atoms with Crippen molar-refractivity contribution in [3.63, 3.8) is 0 Å². The molecule has 0 heterocycles. The number of hydrogen-bond acceptors (Lipinski definition) is 3. The molecule has 0 spiro atoms. The number of amides is 1. The van der Waals surface area contributed by atoms with E-state index in [-0.39, 0.29) is 30.9 Å². The van der Waals surface area contributed by atoms with Crippen molar-refractivity contribution in [2.24, 2.45) is 11.8 Å². The van der Waals surface area contributed by atoms with Crippen LogP contribution in [0, 0.1) is 11.8 Å². The summed E-state index contributed by atoms with van der Waals surface area (Å²) in [5, 5.41) is 3.00. The summed E-state index contributed by atoms with van der Waals surface area (Å²) in [4.78, 5) is 23.8. The molecule has 1 amide bonds. The third kappa shape index (κ3) is 5.65. The Morgan fingerprint density at radius 3 is 2.61 bits per heavy atom. The highest BCUT2D eigenvalue weighted by atomic mass is 79.9. The number of nitrogens with one attached hydrogen (secondary N) is 1. The van der Waals surface area contributed by atoms with Crippen LogP contribution in [0.4, 0.5) is 0 Å². The lowest BCUT2D eigenvalue weighted by Gasteiger charge is -2.34. The molecule has 0 saturated heterocycles. The van der Waals surface area contributed by atoms with Crippen LogP contribution in [-0.2, 0) is 20.7 Å². The largest absolute Gasteiger partial charge is 0.455 e. The van der Waals surface area contributed by atoms with Crippen LogP contribution in [0.2, 0.25) is 0 Å². The van der Waals surface area contributed by atoms with E-state index in [0.717, 1.165) is 22.9 Å². The Labute approximate surface area is 146 Å². The molecule has 0 radical (unpaired) electrons. The molecule has 3 atom stereocenters. The predicted molar refractivity (Wildman–Crippen MR) is 92.9 cm³/mol. The van der Waals surface area contributed by atoms with Crippen molar-refractivity contribution in [1.82, 2.24) is 5.32 Å². The maximum absolute atomic E-state index is 12.0. The fraction of sp³-hybridized carbons (Fsp3) is 0.556. The number of ether oxygens (including phenoxy) is 1. The Kier molecular flexibility index (Phi) is 6.63. The van der Waals surface area contributed by atoms with Gasteiger partial charge in [0.15, 0.2) is 6.61 Å². The van der Waals surface area contributed by atoms with E-state index in [1.165, 1.54) is 6.42 Å². The van der Waals surface area contributed by atoms with E-state index >= 15 is 0 Å². The first-order valence-corrected chi connectivity index (χ1v) is 8.94. The van der Waals surface area contributed by atoms with Crippen molar-refractivity contribution >= 4 is 27.8 Å². The first-order valence-electron chi connectivity index (χ1n) is 8.15. The number of carbonyl (C=O) groups excluding carboxylic acids is 2. The number of carbonyl (C=O) groups is 2. The molecular weight excluding hydrogens is 358 g/mol. The van der Waals surface area contributed by atoms with Crippen LogP contribution in [0.5, 0.6) is 0 Å². The molecule has 0 bridgehead atoms. The van der Waals surface area contributed by atoms with Crippen LogP contribution in [0.1, 0.15) is 38.7 Å².